The summed E-state index contributed by atoms with van der Waals surface area (Å²) in [5, 5.41) is 0.725. The first-order chi connectivity index (χ1) is 10.5. The summed E-state index contributed by atoms with van der Waals surface area (Å²) in [5.41, 5.74) is 0.382. The lowest BCUT2D eigenvalue weighted by Gasteiger charge is -2.10. The van der Waals surface area contributed by atoms with Crippen molar-refractivity contribution in [2.24, 2.45) is 0 Å². The zero-order valence-corrected chi connectivity index (χ0v) is 12.7. The standard InChI is InChI=1S/C15H10ClFN2O2S/c16-10-3-5-11(6-4-10)19-22(20,21)14-8-7-13(17)15-12(14)2-1-9-18-15/h1-9,19H. The lowest BCUT2D eigenvalue weighted by Crippen LogP contribution is -2.13. The second-order valence-corrected chi connectivity index (χ2v) is 6.64. The second kappa shape index (κ2) is 5.55. The molecule has 0 aliphatic heterocycles. The Hall–Kier alpha value is -2.18. The molecule has 0 fully saturated rings. The Morgan fingerprint density at radius 2 is 1.77 bits per heavy atom. The van der Waals surface area contributed by atoms with Crippen molar-refractivity contribution in [3.63, 3.8) is 0 Å². The van der Waals surface area contributed by atoms with Crippen LogP contribution in [-0.4, -0.2) is 13.4 Å². The van der Waals surface area contributed by atoms with Crippen LogP contribution in [0.1, 0.15) is 0 Å². The van der Waals surface area contributed by atoms with Crippen molar-refractivity contribution in [2.75, 3.05) is 4.72 Å². The van der Waals surface area contributed by atoms with Crippen molar-refractivity contribution < 1.29 is 12.8 Å². The Morgan fingerprint density at radius 3 is 2.50 bits per heavy atom. The average molecular weight is 337 g/mol. The molecule has 0 saturated heterocycles. The van der Waals surface area contributed by atoms with Crippen molar-refractivity contribution in [3.05, 3.63) is 65.6 Å². The molecule has 1 heterocycles. The molecule has 4 nitrogen and oxygen atoms in total. The number of nitrogens with zero attached hydrogens (tertiary/aromatic N) is 1. The summed E-state index contributed by atoms with van der Waals surface area (Å²) in [6, 6.07) is 11.6. The molecule has 7 heteroatoms. The van der Waals surface area contributed by atoms with E-state index in [2.05, 4.69) is 9.71 Å². The predicted octanol–water partition coefficient (Wildman–Crippen LogP) is 3.83. The average Bonchev–Trinajstić information content (AvgIpc) is 2.50. The van der Waals surface area contributed by atoms with Gasteiger partial charge in [-0.25, -0.2) is 12.8 Å². The molecule has 1 aromatic heterocycles. The van der Waals surface area contributed by atoms with Gasteiger partial charge in [-0.3, -0.25) is 9.71 Å². The van der Waals surface area contributed by atoms with Crippen molar-refractivity contribution in [1.82, 2.24) is 4.98 Å². The van der Waals surface area contributed by atoms with Gasteiger partial charge in [0.05, 0.1) is 4.90 Å². The third-order valence-electron chi connectivity index (χ3n) is 3.07. The molecule has 0 bridgehead atoms. The van der Waals surface area contributed by atoms with Gasteiger partial charge >= 0.3 is 0 Å². The molecule has 0 radical (unpaired) electrons. The van der Waals surface area contributed by atoms with Gasteiger partial charge in [-0.2, -0.15) is 0 Å². The first kappa shape index (κ1) is 14.7. The van der Waals surface area contributed by atoms with Crippen molar-refractivity contribution in [3.8, 4) is 0 Å². The molecule has 3 rings (SSSR count). The highest BCUT2D eigenvalue weighted by Crippen LogP contribution is 2.26. The van der Waals surface area contributed by atoms with E-state index in [4.69, 9.17) is 11.6 Å². The van der Waals surface area contributed by atoms with Crippen LogP contribution < -0.4 is 4.72 Å². The number of aromatic nitrogens is 1. The van der Waals surface area contributed by atoms with E-state index in [9.17, 15) is 12.8 Å². The first-order valence-corrected chi connectivity index (χ1v) is 8.15. The van der Waals surface area contributed by atoms with Gasteiger partial charge in [0, 0.05) is 22.3 Å². The van der Waals surface area contributed by atoms with E-state index in [1.165, 1.54) is 18.3 Å². The minimum atomic E-state index is -3.87. The van der Waals surface area contributed by atoms with Gasteiger partial charge < -0.3 is 0 Å². The largest absolute Gasteiger partial charge is 0.280 e. The number of halogens is 2. The van der Waals surface area contributed by atoms with E-state index in [0.717, 1.165) is 6.07 Å². The molecule has 2 aromatic carbocycles. The quantitative estimate of drug-likeness (QED) is 0.790. The topological polar surface area (TPSA) is 59.1 Å². The van der Waals surface area contributed by atoms with Crippen LogP contribution in [0.2, 0.25) is 5.02 Å². The molecule has 0 saturated carbocycles. The lowest BCUT2D eigenvalue weighted by molar-refractivity contribution is 0.601. The van der Waals surface area contributed by atoms with Crippen LogP contribution in [0.25, 0.3) is 10.9 Å². The summed E-state index contributed by atoms with van der Waals surface area (Å²) >= 11 is 5.77. The first-order valence-electron chi connectivity index (χ1n) is 6.29. The Balaban J connectivity index is 2.10. The lowest BCUT2D eigenvalue weighted by atomic mass is 10.2. The smallest absolute Gasteiger partial charge is 0.262 e. The van der Waals surface area contributed by atoms with Crippen LogP contribution in [0.3, 0.4) is 0 Å². The number of rotatable bonds is 3. The molecular weight excluding hydrogens is 327 g/mol. The maximum Gasteiger partial charge on any atom is 0.262 e. The molecule has 0 aliphatic carbocycles. The zero-order valence-electron chi connectivity index (χ0n) is 11.1. The van der Waals surface area contributed by atoms with Crippen molar-refractivity contribution in [1.29, 1.82) is 0 Å². The molecule has 0 atom stereocenters. The number of anilines is 1. The normalized spacial score (nSPS) is 11.5. The minimum absolute atomic E-state index is 0.0153. The van der Waals surface area contributed by atoms with E-state index >= 15 is 0 Å². The number of pyridine rings is 1. The van der Waals surface area contributed by atoms with Gasteiger partial charge in [0.2, 0.25) is 0 Å². The molecule has 112 valence electrons. The summed E-state index contributed by atoms with van der Waals surface area (Å²) < 4.78 is 41.2. The maximum atomic E-state index is 13.7. The van der Waals surface area contributed by atoms with E-state index in [-0.39, 0.29) is 15.8 Å². The van der Waals surface area contributed by atoms with Crippen LogP contribution in [0.4, 0.5) is 10.1 Å². The Labute approximate surface area is 131 Å². The molecule has 3 aromatic rings. The molecule has 0 aliphatic rings. The Kier molecular flexibility index (Phi) is 3.72. The summed E-state index contributed by atoms with van der Waals surface area (Å²) in [6.07, 6.45) is 1.41. The van der Waals surface area contributed by atoms with Crippen LogP contribution in [0.5, 0.6) is 0 Å². The predicted molar refractivity (Wildman–Crippen MR) is 84.0 cm³/mol. The van der Waals surface area contributed by atoms with E-state index < -0.39 is 15.8 Å². The number of hydrogen-bond acceptors (Lipinski definition) is 3. The minimum Gasteiger partial charge on any atom is -0.280 e. The van der Waals surface area contributed by atoms with E-state index in [0.29, 0.717) is 10.7 Å². The summed E-state index contributed by atoms with van der Waals surface area (Å²) in [6.45, 7) is 0. The summed E-state index contributed by atoms with van der Waals surface area (Å²) in [7, 11) is -3.87. The van der Waals surface area contributed by atoms with Crippen LogP contribution in [0.15, 0.2) is 59.6 Å². The molecule has 0 spiro atoms. The molecule has 0 amide bonds. The number of benzene rings is 2. The van der Waals surface area contributed by atoms with Crippen LogP contribution >= 0.6 is 11.6 Å². The Morgan fingerprint density at radius 1 is 1.05 bits per heavy atom. The fourth-order valence-electron chi connectivity index (χ4n) is 2.07. The van der Waals surface area contributed by atoms with Crippen LogP contribution in [0, 0.1) is 5.82 Å². The van der Waals surface area contributed by atoms with Crippen LogP contribution in [-0.2, 0) is 10.0 Å². The highest BCUT2D eigenvalue weighted by atomic mass is 35.5. The van der Waals surface area contributed by atoms with Gasteiger partial charge in [-0.15, -0.1) is 0 Å². The number of sulfonamides is 1. The Bertz CT molecular complexity index is 943. The fraction of sp³-hybridized carbons (Fsp3) is 0. The third-order valence-corrected chi connectivity index (χ3v) is 4.76. The zero-order chi connectivity index (χ0) is 15.7. The van der Waals surface area contributed by atoms with Crippen molar-refractivity contribution >= 4 is 38.2 Å². The van der Waals surface area contributed by atoms with Gasteiger partial charge in [-0.1, -0.05) is 11.6 Å². The monoisotopic (exact) mass is 336 g/mol. The van der Waals surface area contributed by atoms with E-state index in [1.807, 2.05) is 0 Å². The molecular formula is C15H10ClFN2O2S. The summed E-state index contributed by atoms with van der Waals surface area (Å²) in [4.78, 5) is 3.85. The number of fused-ring (bicyclic) bond motifs is 1. The van der Waals surface area contributed by atoms with Crippen molar-refractivity contribution in [2.45, 2.75) is 4.90 Å². The molecule has 22 heavy (non-hydrogen) atoms. The molecule has 1 N–H and O–H groups in total. The SMILES string of the molecule is O=S(=O)(Nc1ccc(Cl)cc1)c1ccc(F)c2ncccc12. The van der Waals surface area contributed by atoms with Gasteiger partial charge in [0.1, 0.15) is 11.3 Å². The molecule has 0 unspecified atom stereocenters. The second-order valence-electron chi connectivity index (χ2n) is 4.56. The summed E-state index contributed by atoms with van der Waals surface area (Å²) in [5.74, 6) is -0.568. The fourth-order valence-corrected chi connectivity index (χ4v) is 3.46. The number of hydrogen-bond donors (Lipinski definition) is 1. The highest BCUT2D eigenvalue weighted by Gasteiger charge is 2.19. The van der Waals surface area contributed by atoms with Gasteiger partial charge in [0.25, 0.3) is 10.0 Å². The number of nitrogens with one attached hydrogen (secondary N) is 1. The highest BCUT2D eigenvalue weighted by molar-refractivity contribution is 7.93. The van der Waals surface area contributed by atoms with E-state index in [1.54, 1.807) is 30.3 Å². The maximum absolute atomic E-state index is 13.7. The van der Waals surface area contributed by atoms with Gasteiger partial charge in [0.15, 0.2) is 0 Å². The van der Waals surface area contributed by atoms with Gasteiger partial charge in [-0.05, 0) is 48.5 Å². The third kappa shape index (κ3) is 2.75.